The van der Waals surface area contributed by atoms with E-state index in [1.54, 1.807) is 7.11 Å². The zero-order valence-electron chi connectivity index (χ0n) is 12.0. The summed E-state index contributed by atoms with van der Waals surface area (Å²) in [6.45, 7) is 3.75. The first-order valence-corrected chi connectivity index (χ1v) is 7.07. The lowest BCUT2D eigenvalue weighted by Gasteiger charge is -2.14. The molecule has 1 unspecified atom stereocenters. The molecule has 0 aliphatic carbocycles. The Hall–Kier alpha value is -1.81. The lowest BCUT2D eigenvalue weighted by Crippen LogP contribution is -2.18. The zero-order chi connectivity index (χ0) is 13.9. The number of fused-ring (bicyclic) bond motifs is 1. The van der Waals surface area contributed by atoms with Gasteiger partial charge in [0.25, 0.3) is 0 Å². The zero-order valence-corrected chi connectivity index (χ0v) is 12.0. The molecule has 2 heterocycles. The van der Waals surface area contributed by atoms with Gasteiger partial charge in [-0.2, -0.15) is 0 Å². The number of anilines is 1. The molecule has 20 heavy (non-hydrogen) atoms. The van der Waals surface area contributed by atoms with E-state index in [9.17, 15) is 0 Å². The summed E-state index contributed by atoms with van der Waals surface area (Å²) in [6.07, 6.45) is 2.64. The molecule has 1 aromatic carbocycles. The molecule has 3 rings (SSSR count). The summed E-state index contributed by atoms with van der Waals surface area (Å²) in [5, 5.41) is 4.62. The SMILES string of the molecule is COc1ccc2c(NCC3CCCO3)cc(C)nc2c1. The van der Waals surface area contributed by atoms with E-state index in [-0.39, 0.29) is 0 Å². The minimum absolute atomic E-state index is 0.330. The smallest absolute Gasteiger partial charge is 0.121 e. The molecule has 1 atom stereocenters. The second-order valence-electron chi connectivity index (χ2n) is 5.21. The second kappa shape index (κ2) is 5.67. The van der Waals surface area contributed by atoms with Crippen molar-refractivity contribution in [3.63, 3.8) is 0 Å². The highest BCUT2D eigenvalue weighted by atomic mass is 16.5. The number of nitrogens with one attached hydrogen (secondary N) is 1. The number of hydrogen-bond acceptors (Lipinski definition) is 4. The van der Waals surface area contributed by atoms with Crippen molar-refractivity contribution in [2.45, 2.75) is 25.9 Å². The van der Waals surface area contributed by atoms with E-state index in [0.29, 0.717) is 6.10 Å². The van der Waals surface area contributed by atoms with Crippen LogP contribution in [-0.4, -0.2) is 31.3 Å². The van der Waals surface area contributed by atoms with Gasteiger partial charge in [-0.05, 0) is 38.0 Å². The standard InChI is InChI=1S/C16H20N2O2/c1-11-8-15(17-10-13-4-3-7-20-13)14-6-5-12(19-2)9-16(14)18-11/h5-6,8-9,13H,3-4,7,10H2,1-2H3,(H,17,18). The molecule has 1 saturated heterocycles. The number of aromatic nitrogens is 1. The number of methoxy groups -OCH3 is 1. The Labute approximate surface area is 119 Å². The molecule has 1 aliphatic heterocycles. The predicted molar refractivity (Wildman–Crippen MR) is 80.5 cm³/mol. The van der Waals surface area contributed by atoms with Gasteiger partial charge in [-0.25, -0.2) is 0 Å². The van der Waals surface area contributed by atoms with Gasteiger partial charge in [0.2, 0.25) is 0 Å². The molecule has 4 heteroatoms. The van der Waals surface area contributed by atoms with Crippen molar-refractivity contribution in [1.82, 2.24) is 4.98 Å². The van der Waals surface area contributed by atoms with Gasteiger partial charge in [0, 0.05) is 36.0 Å². The van der Waals surface area contributed by atoms with Crippen LogP contribution >= 0.6 is 0 Å². The maximum absolute atomic E-state index is 5.66. The van der Waals surface area contributed by atoms with Crippen LogP contribution in [0, 0.1) is 6.92 Å². The van der Waals surface area contributed by atoms with Crippen LogP contribution in [-0.2, 0) is 4.74 Å². The summed E-state index contributed by atoms with van der Waals surface area (Å²) < 4.78 is 10.9. The number of pyridine rings is 1. The van der Waals surface area contributed by atoms with Crippen molar-refractivity contribution < 1.29 is 9.47 Å². The van der Waals surface area contributed by atoms with Gasteiger partial charge in [0.1, 0.15) is 5.75 Å². The van der Waals surface area contributed by atoms with Gasteiger partial charge in [-0.1, -0.05) is 0 Å². The molecule has 1 aliphatic rings. The third-order valence-electron chi connectivity index (χ3n) is 3.69. The second-order valence-corrected chi connectivity index (χ2v) is 5.21. The fourth-order valence-corrected chi connectivity index (χ4v) is 2.64. The summed E-state index contributed by atoms with van der Waals surface area (Å²) in [7, 11) is 1.67. The number of aryl methyl sites for hydroxylation is 1. The molecule has 106 valence electrons. The number of rotatable bonds is 4. The lowest BCUT2D eigenvalue weighted by molar-refractivity contribution is 0.120. The topological polar surface area (TPSA) is 43.4 Å². The Morgan fingerprint density at radius 2 is 2.30 bits per heavy atom. The molecule has 0 bridgehead atoms. The molecule has 1 fully saturated rings. The molecule has 4 nitrogen and oxygen atoms in total. The molecule has 0 amide bonds. The van der Waals surface area contributed by atoms with E-state index in [2.05, 4.69) is 22.4 Å². The molecule has 1 aromatic heterocycles. The van der Waals surface area contributed by atoms with Crippen molar-refractivity contribution in [3.8, 4) is 5.75 Å². The highest BCUT2D eigenvalue weighted by molar-refractivity contribution is 5.92. The monoisotopic (exact) mass is 272 g/mol. The molecule has 2 aromatic rings. The summed E-state index contributed by atoms with van der Waals surface area (Å²) in [5.41, 5.74) is 3.07. The highest BCUT2D eigenvalue weighted by Crippen LogP contribution is 2.27. The Morgan fingerprint density at radius 3 is 3.05 bits per heavy atom. The van der Waals surface area contributed by atoms with E-state index in [1.165, 1.54) is 6.42 Å². The van der Waals surface area contributed by atoms with Crippen molar-refractivity contribution in [2.24, 2.45) is 0 Å². The molecule has 1 N–H and O–H groups in total. The maximum Gasteiger partial charge on any atom is 0.121 e. The van der Waals surface area contributed by atoms with Crippen LogP contribution in [0.4, 0.5) is 5.69 Å². The summed E-state index contributed by atoms with van der Waals surface area (Å²) in [4.78, 5) is 4.57. The number of benzene rings is 1. The minimum Gasteiger partial charge on any atom is -0.497 e. The Morgan fingerprint density at radius 1 is 1.40 bits per heavy atom. The van der Waals surface area contributed by atoms with Gasteiger partial charge in [-0.15, -0.1) is 0 Å². The molecular formula is C16H20N2O2. The molecule has 0 spiro atoms. The van der Waals surface area contributed by atoms with Crippen molar-refractivity contribution in [3.05, 3.63) is 30.0 Å². The minimum atomic E-state index is 0.330. The van der Waals surface area contributed by atoms with Crippen LogP contribution in [0.2, 0.25) is 0 Å². The average molecular weight is 272 g/mol. The van der Waals surface area contributed by atoms with Crippen LogP contribution in [0.3, 0.4) is 0 Å². The van der Waals surface area contributed by atoms with Gasteiger partial charge in [-0.3, -0.25) is 4.98 Å². The van der Waals surface area contributed by atoms with E-state index >= 15 is 0 Å². The van der Waals surface area contributed by atoms with E-state index in [0.717, 1.165) is 47.6 Å². The Bertz CT molecular complexity index is 607. The van der Waals surface area contributed by atoms with Gasteiger partial charge < -0.3 is 14.8 Å². The van der Waals surface area contributed by atoms with Crippen LogP contribution in [0.25, 0.3) is 10.9 Å². The van der Waals surface area contributed by atoms with Crippen LogP contribution < -0.4 is 10.1 Å². The fraction of sp³-hybridized carbons (Fsp3) is 0.438. The maximum atomic E-state index is 5.66. The quantitative estimate of drug-likeness (QED) is 0.928. The number of nitrogens with zero attached hydrogens (tertiary/aromatic N) is 1. The summed E-state index contributed by atoms with van der Waals surface area (Å²) >= 11 is 0. The highest BCUT2D eigenvalue weighted by Gasteiger charge is 2.15. The number of hydrogen-bond donors (Lipinski definition) is 1. The van der Waals surface area contributed by atoms with Gasteiger partial charge in [0.15, 0.2) is 0 Å². The average Bonchev–Trinajstić information content (AvgIpc) is 2.97. The number of ether oxygens (including phenoxy) is 2. The Balaban J connectivity index is 1.88. The first-order valence-electron chi connectivity index (χ1n) is 7.07. The van der Waals surface area contributed by atoms with Crippen molar-refractivity contribution >= 4 is 16.6 Å². The first kappa shape index (κ1) is 13.2. The lowest BCUT2D eigenvalue weighted by atomic mass is 10.1. The summed E-state index contributed by atoms with van der Waals surface area (Å²) in [5.74, 6) is 0.834. The van der Waals surface area contributed by atoms with E-state index in [4.69, 9.17) is 9.47 Å². The fourth-order valence-electron chi connectivity index (χ4n) is 2.64. The largest absolute Gasteiger partial charge is 0.497 e. The third kappa shape index (κ3) is 2.70. The van der Waals surface area contributed by atoms with Crippen LogP contribution in [0.5, 0.6) is 5.75 Å². The van der Waals surface area contributed by atoms with Gasteiger partial charge in [0.05, 0.1) is 18.7 Å². The van der Waals surface area contributed by atoms with E-state index < -0.39 is 0 Å². The third-order valence-corrected chi connectivity index (χ3v) is 3.69. The molecule has 0 saturated carbocycles. The van der Waals surface area contributed by atoms with Crippen molar-refractivity contribution in [2.75, 3.05) is 25.6 Å². The van der Waals surface area contributed by atoms with Crippen LogP contribution in [0.1, 0.15) is 18.5 Å². The Kier molecular flexibility index (Phi) is 3.74. The van der Waals surface area contributed by atoms with Gasteiger partial charge >= 0.3 is 0 Å². The predicted octanol–water partition coefficient (Wildman–Crippen LogP) is 3.14. The van der Waals surface area contributed by atoms with E-state index in [1.807, 2.05) is 19.1 Å². The first-order chi connectivity index (χ1) is 9.76. The van der Waals surface area contributed by atoms with Crippen molar-refractivity contribution in [1.29, 1.82) is 0 Å². The summed E-state index contributed by atoms with van der Waals surface area (Å²) in [6, 6.07) is 8.08. The van der Waals surface area contributed by atoms with Crippen LogP contribution in [0.15, 0.2) is 24.3 Å². The normalized spacial score (nSPS) is 18.4. The molecular weight excluding hydrogens is 252 g/mol. The molecule has 0 radical (unpaired) electrons.